The van der Waals surface area contributed by atoms with E-state index < -0.39 is 4.92 Å². The highest BCUT2D eigenvalue weighted by atomic mass is 79.9. The molecule has 1 aromatic rings. The van der Waals surface area contributed by atoms with Gasteiger partial charge in [-0.05, 0) is 12.1 Å². The highest BCUT2D eigenvalue weighted by Gasteiger charge is 2.01. The summed E-state index contributed by atoms with van der Waals surface area (Å²) in [6, 6.07) is 6.17. The predicted molar refractivity (Wildman–Crippen MR) is 47.5 cm³/mol. The largest absolute Gasteiger partial charge is 0.269 e. The van der Waals surface area contributed by atoms with Crippen molar-refractivity contribution in [1.29, 1.82) is 0 Å². The van der Waals surface area contributed by atoms with Crippen LogP contribution < -0.4 is 0 Å². The fourth-order valence-electron chi connectivity index (χ4n) is 0.563. The van der Waals surface area contributed by atoms with Gasteiger partial charge in [-0.15, -0.1) is 0 Å². The Kier molecular flexibility index (Phi) is 3.74. The van der Waals surface area contributed by atoms with E-state index in [1.165, 1.54) is 12.1 Å². The van der Waals surface area contributed by atoms with Crippen LogP contribution in [0.5, 0.6) is 0 Å². The molecule has 0 fully saturated rings. The average Bonchev–Trinajstić information content (AvgIpc) is 1.88. The van der Waals surface area contributed by atoms with Crippen LogP contribution in [0.25, 0.3) is 0 Å². The van der Waals surface area contributed by atoms with Crippen molar-refractivity contribution < 1.29 is 4.92 Å². The first-order chi connectivity index (χ1) is 4.70. The molecule has 11 heavy (non-hydrogen) atoms. The first-order valence-corrected chi connectivity index (χ1v) is 3.39. The van der Waals surface area contributed by atoms with Gasteiger partial charge in [-0.3, -0.25) is 10.1 Å². The minimum atomic E-state index is -0.424. The van der Waals surface area contributed by atoms with E-state index in [2.05, 4.69) is 15.9 Å². The van der Waals surface area contributed by atoms with Crippen LogP contribution in [0.3, 0.4) is 0 Å². The molecule has 0 N–H and O–H groups in total. The second-order valence-corrected chi connectivity index (χ2v) is 2.65. The lowest BCUT2D eigenvalue weighted by Gasteiger charge is -1.88. The normalized spacial score (nSPS) is 8.45. The molecule has 0 radical (unpaired) electrons. The monoisotopic (exact) mass is 217 g/mol. The Labute approximate surface area is 73.3 Å². The third-order valence-corrected chi connectivity index (χ3v) is 1.57. The molecular weight excluding hydrogens is 210 g/mol. The molecule has 0 spiro atoms. The molecule has 4 heteroatoms. The Morgan fingerprint density at radius 3 is 2.09 bits per heavy atom. The molecule has 0 atom stereocenters. The first kappa shape index (κ1) is 10.1. The third kappa shape index (κ3) is 2.67. The van der Waals surface area contributed by atoms with Crippen LogP contribution in [0.1, 0.15) is 7.43 Å². The molecule has 0 aliphatic heterocycles. The molecule has 0 saturated carbocycles. The molecule has 0 unspecified atom stereocenters. The quantitative estimate of drug-likeness (QED) is 0.537. The van der Waals surface area contributed by atoms with E-state index in [1.807, 2.05) is 0 Å². The van der Waals surface area contributed by atoms with E-state index >= 15 is 0 Å². The third-order valence-electron chi connectivity index (χ3n) is 1.04. The highest BCUT2D eigenvalue weighted by molar-refractivity contribution is 9.10. The lowest BCUT2D eigenvalue weighted by atomic mass is 10.3. The summed E-state index contributed by atoms with van der Waals surface area (Å²) in [5, 5.41) is 10.1. The zero-order valence-electron chi connectivity index (χ0n) is 4.95. The van der Waals surface area contributed by atoms with Gasteiger partial charge in [-0.25, -0.2) is 0 Å². The topological polar surface area (TPSA) is 43.1 Å². The van der Waals surface area contributed by atoms with E-state index in [0.717, 1.165) is 4.47 Å². The Bertz CT molecular complexity index is 245. The maximum atomic E-state index is 10.1. The zero-order chi connectivity index (χ0) is 7.56. The summed E-state index contributed by atoms with van der Waals surface area (Å²) in [6.45, 7) is 0. The van der Waals surface area contributed by atoms with Crippen LogP contribution in [0.15, 0.2) is 28.7 Å². The van der Waals surface area contributed by atoms with Crippen molar-refractivity contribution in [2.75, 3.05) is 0 Å². The standard InChI is InChI=1S/C6H4BrNO2.CH4/c7-5-1-3-6(4-2-5)8(9)10;/h1-4H;1H4. The smallest absolute Gasteiger partial charge is 0.258 e. The summed E-state index contributed by atoms with van der Waals surface area (Å²) < 4.78 is 0.845. The van der Waals surface area contributed by atoms with Crippen LogP contribution in [-0.2, 0) is 0 Å². The fourth-order valence-corrected chi connectivity index (χ4v) is 0.827. The number of halogens is 1. The fraction of sp³-hybridized carbons (Fsp3) is 0.143. The second-order valence-electron chi connectivity index (χ2n) is 1.73. The molecule has 0 aliphatic carbocycles. The minimum absolute atomic E-state index is 0. The molecule has 0 aliphatic rings. The first-order valence-electron chi connectivity index (χ1n) is 2.60. The van der Waals surface area contributed by atoms with Crippen molar-refractivity contribution in [3.63, 3.8) is 0 Å². The number of rotatable bonds is 1. The van der Waals surface area contributed by atoms with E-state index in [0.29, 0.717) is 0 Å². The molecule has 0 aromatic heterocycles. The number of nitrogens with zero attached hydrogens (tertiary/aromatic N) is 1. The molecule has 0 heterocycles. The summed E-state index contributed by atoms with van der Waals surface area (Å²) >= 11 is 3.17. The van der Waals surface area contributed by atoms with Crippen molar-refractivity contribution >= 4 is 21.6 Å². The van der Waals surface area contributed by atoms with Gasteiger partial charge in [0.25, 0.3) is 5.69 Å². The molecule has 3 nitrogen and oxygen atoms in total. The Balaban J connectivity index is 0.000001000. The SMILES string of the molecule is C.O=[N+]([O-])c1ccc(Br)cc1. The molecule has 60 valence electrons. The van der Waals surface area contributed by atoms with Crippen molar-refractivity contribution in [3.05, 3.63) is 38.9 Å². The minimum Gasteiger partial charge on any atom is -0.258 e. The van der Waals surface area contributed by atoms with Crippen molar-refractivity contribution in [2.24, 2.45) is 0 Å². The zero-order valence-corrected chi connectivity index (χ0v) is 6.54. The second kappa shape index (κ2) is 4.08. The highest BCUT2D eigenvalue weighted by Crippen LogP contribution is 2.15. The predicted octanol–water partition coefficient (Wildman–Crippen LogP) is 2.99. The average molecular weight is 218 g/mol. The van der Waals surface area contributed by atoms with Gasteiger partial charge in [0, 0.05) is 16.6 Å². The summed E-state index contributed by atoms with van der Waals surface area (Å²) in [5.74, 6) is 0. The maximum Gasteiger partial charge on any atom is 0.269 e. The van der Waals surface area contributed by atoms with Gasteiger partial charge >= 0.3 is 0 Å². The van der Waals surface area contributed by atoms with E-state index in [9.17, 15) is 10.1 Å². The number of hydrogen-bond donors (Lipinski definition) is 0. The van der Waals surface area contributed by atoms with Gasteiger partial charge in [0.05, 0.1) is 4.92 Å². The Hall–Kier alpha value is -0.900. The summed E-state index contributed by atoms with van der Waals surface area (Å²) in [4.78, 5) is 9.68. The summed E-state index contributed by atoms with van der Waals surface area (Å²) in [6.07, 6.45) is 0. The Morgan fingerprint density at radius 2 is 1.73 bits per heavy atom. The Morgan fingerprint density at radius 1 is 1.27 bits per heavy atom. The van der Waals surface area contributed by atoms with E-state index in [-0.39, 0.29) is 13.1 Å². The van der Waals surface area contributed by atoms with Crippen molar-refractivity contribution in [1.82, 2.24) is 0 Å². The summed E-state index contributed by atoms with van der Waals surface area (Å²) in [5.41, 5.74) is 0.114. The van der Waals surface area contributed by atoms with Crippen LogP contribution in [0.2, 0.25) is 0 Å². The van der Waals surface area contributed by atoms with Crippen molar-refractivity contribution in [3.8, 4) is 0 Å². The molecule has 1 aromatic carbocycles. The lowest BCUT2D eigenvalue weighted by Crippen LogP contribution is -1.85. The van der Waals surface area contributed by atoms with Crippen LogP contribution in [0, 0.1) is 10.1 Å². The number of non-ortho nitro benzene ring substituents is 1. The van der Waals surface area contributed by atoms with Crippen molar-refractivity contribution in [2.45, 2.75) is 7.43 Å². The molecule has 0 amide bonds. The number of benzene rings is 1. The van der Waals surface area contributed by atoms with Gasteiger partial charge in [-0.2, -0.15) is 0 Å². The van der Waals surface area contributed by atoms with Gasteiger partial charge in [0.2, 0.25) is 0 Å². The molecular formula is C7H8BrNO2. The van der Waals surface area contributed by atoms with E-state index in [4.69, 9.17) is 0 Å². The van der Waals surface area contributed by atoms with Crippen LogP contribution in [0.4, 0.5) is 5.69 Å². The number of nitro groups is 1. The van der Waals surface area contributed by atoms with Crippen LogP contribution in [-0.4, -0.2) is 4.92 Å². The maximum absolute atomic E-state index is 10.1. The molecule has 0 saturated heterocycles. The lowest BCUT2D eigenvalue weighted by molar-refractivity contribution is -0.384. The van der Waals surface area contributed by atoms with E-state index in [1.54, 1.807) is 12.1 Å². The molecule has 1 rings (SSSR count). The van der Waals surface area contributed by atoms with Gasteiger partial charge < -0.3 is 0 Å². The van der Waals surface area contributed by atoms with Gasteiger partial charge in [0.1, 0.15) is 0 Å². The number of hydrogen-bond acceptors (Lipinski definition) is 2. The van der Waals surface area contributed by atoms with Gasteiger partial charge in [-0.1, -0.05) is 23.4 Å². The van der Waals surface area contributed by atoms with Crippen LogP contribution >= 0.6 is 15.9 Å². The molecule has 0 bridgehead atoms. The van der Waals surface area contributed by atoms with Gasteiger partial charge in [0.15, 0.2) is 0 Å². The number of nitro benzene ring substituents is 1. The summed E-state index contributed by atoms with van der Waals surface area (Å²) in [7, 11) is 0.